The molecule has 3 aromatic rings. The molecule has 2 amide bonds. The molecule has 0 aromatic heterocycles. The molecular weight excluding hydrogens is 570 g/mol. The fourth-order valence-electron chi connectivity index (χ4n) is 4.52. The Labute approximate surface area is 255 Å². The summed E-state index contributed by atoms with van der Waals surface area (Å²) in [5.41, 5.74) is 2.96. The van der Waals surface area contributed by atoms with E-state index in [9.17, 15) is 18.0 Å². The Balaban J connectivity index is 2.05. The van der Waals surface area contributed by atoms with Crippen LogP contribution in [0, 0.1) is 0 Å². The van der Waals surface area contributed by atoms with Crippen molar-refractivity contribution >= 4 is 39.1 Å². The topological polar surface area (TPSA) is 86.8 Å². The van der Waals surface area contributed by atoms with Gasteiger partial charge >= 0.3 is 0 Å². The van der Waals surface area contributed by atoms with Gasteiger partial charge in [-0.25, -0.2) is 8.42 Å². The van der Waals surface area contributed by atoms with Gasteiger partial charge in [-0.3, -0.25) is 13.9 Å². The molecule has 0 fully saturated rings. The van der Waals surface area contributed by atoms with Gasteiger partial charge in [0, 0.05) is 24.0 Å². The van der Waals surface area contributed by atoms with Crippen molar-refractivity contribution in [2.45, 2.75) is 71.5 Å². The molecule has 0 heterocycles. The van der Waals surface area contributed by atoms with Crippen LogP contribution in [0.5, 0.6) is 0 Å². The van der Waals surface area contributed by atoms with Gasteiger partial charge in [-0.15, -0.1) is 0 Å². The van der Waals surface area contributed by atoms with E-state index in [0.717, 1.165) is 33.7 Å². The number of nitrogens with zero attached hydrogens (tertiary/aromatic N) is 2. The van der Waals surface area contributed by atoms with Crippen LogP contribution < -0.4 is 9.62 Å². The third-order valence-electron chi connectivity index (χ3n) is 7.24. The second-order valence-electron chi connectivity index (χ2n) is 11.7. The first kappa shape index (κ1) is 33.1. The maximum Gasteiger partial charge on any atom is 0.244 e. The number of carbonyl (C=O) groups is 2. The number of anilines is 1. The SMILES string of the molecule is CC[C@@H](C)NC(=O)[C@@H](Cc1ccccc1)N(Cc1ccc(Cl)cc1)C(=O)CN(c1ccc(C(C)(C)C)cc1)S(C)(=O)=O. The van der Waals surface area contributed by atoms with Crippen molar-refractivity contribution in [3.8, 4) is 0 Å². The molecule has 0 saturated heterocycles. The Morgan fingerprint density at radius 1 is 0.905 bits per heavy atom. The van der Waals surface area contributed by atoms with Crippen LogP contribution in [0.15, 0.2) is 78.9 Å². The second-order valence-corrected chi connectivity index (χ2v) is 14.1. The van der Waals surface area contributed by atoms with Gasteiger partial charge in [0.2, 0.25) is 21.8 Å². The van der Waals surface area contributed by atoms with Crippen molar-refractivity contribution in [1.29, 1.82) is 0 Å². The molecule has 3 aromatic carbocycles. The minimum Gasteiger partial charge on any atom is -0.352 e. The fourth-order valence-corrected chi connectivity index (χ4v) is 5.50. The molecular formula is C33H42ClN3O4S. The van der Waals surface area contributed by atoms with Crippen molar-refractivity contribution in [1.82, 2.24) is 10.2 Å². The van der Waals surface area contributed by atoms with E-state index in [0.29, 0.717) is 10.7 Å². The molecule has 1 N–H and O–H groups in total. The molecule has 7 nitrogen and oxygen atoms in total. The molecule has 42 heavy (non-hydrogen) atoms. The first-order valence-corrected chi connectivity index (χ1v) is 16.4. The van der Waals surface area contributed by atoms with Crippen LogP contribution >= 0.6 is 11.6 Å². The second kappa shape index (κ2) is 14.2. The van der Waals surface area contributed by atoms with Gasteiger partial charge in [0.1, 0.15) is 12.6 Å². The highest BCUT2D eigenvalue weighted by molar-refractivity contribution is 7.92. The van der Waals surface area contributed by atoms with Crippen molar-refractivity contribution in [2.75, 3.05) is 17.1 Å². The van der Waals surface area contributed by atoms with Gasteiger partial charge < -0.3 is 10.2 Å². The van der Waals surface area contributed by atoms with E-state index < -0.39 is 28.5 Å². The van der Waals surface area contributed by atoms with Crippen LogP contribution in [-0.2, 0) is 38.0 Å². The first-order valence-electron chi connectivity index (χ1n) is 14.2. The van der Waals surface area contributed by atoms with Crippen molar-refractivity contribution in [3.05, 3.63) is 101 Å². The summed E-state index contributed by atoms with van der Waals surface area (Å²) in [6.45, 7) is 9.76. The summed E-state index contributed by atoms with van der Waals surface area (Å²) in [7, 11) is -3.83. The van der Waals surface area contributed by atoms with Crippen LogP contribution in [0.4, 0.5) is 5.69 Å². The predicted octanol–water partition coefficient (Wildman–Crippen LogP) is 5.96. The molecule has 3 rings (SSSR count). The molecule has 0 radical (unpaired) electrons. The summed E-state index contributed by atoms with van der Waals surface area (Å²) in [4.78, 5) is 29.4. The summed E-state index contributed by atoms with van der Waals surface area (Å²) in [5.74, 6) is -0.786. The summed E-state index contributed by atoms with van der Waals surface area (Å²) in [6.07, 6.45) is 2.07. The number of carbonyl (C=O) groups excluding carboxylic acids is 2. The van der Waals surface area contributed by atoms with Crippen LogP contribution in [0.2, 0.25) is 5.02 Å². The van der Waals surface area contributed by atoms with Gasteiger partial charge in [0.05, 0.1) is 11.9 Å². The van der Waals surface area contributed by atoms with E-state index in [1.54, 1.807) is 36.4 Å². The Morgan fingerprint density at radius 2 is 1.50 bits per heavy atom. The smallest absolute Gasteiger partial charge is 0.244 e. The van der Waals surface area contributed by atoms with E-state index in [1.807, 2.05) is 56.3 Å². The standard InChI is InChI=1S/C33H42ClN3O4S/c1-7-24(2)35-32(39)30(21-25-11-9-8-10-12-25)36(22-26-13-17-28(34)18-14-26)31(38)23-37(42(6,40)41)29-19-15-27(16-20-29)33(3,4)5/h8-20,24,30H,7,21-23H2,1-6H3,(H,35,39)/t24-,30-/m1/s1. The van der Waals surface area contributed by atoms with Gasteiger partial charge in [-0.05, 0) is 59.7 Å². The zero-order chi connectivity index (χ0) is 31.1. The summed E-state index contributed by atoms with van der Waals surface area (Å²) >= 11 is 6.11. The Hall–Kier alpha value is -3.36. The van der Waals surface area contributed by atoms with E-state index in [1.165, 1.54) is 4.90 Å². The Bertz CT molecular complexity index is 1440. The molecule has 0 spiro atoms. The molecule has 226 valence electrons. The van der Waals surface area contributed by atoms with Gasteiger partial charge in [0.25, 0.3) is 0 Å². The van der Waals surface area contributed by atoms with E-state index in [4.69, 9.17) is 11.6 Å². The first-order chi connectivity index (χ1) is 19.7. The van der Waals surface area contributed by atoms with Gasteiger partial charge in [-0.2, -0.15) is 0 Å². The Morgan fingerprint density at radius 3 is 2.02 bits per heavy atom. The minimum absolute atomic E-state index is 0.0992. The fraction of sp³-hybridized carbons (Fsp3) is 0.394. The third-order valence-corrected chi connectivity index (χ3v) is 8.63. The molecule has 9 heteroatoms. The number of nitrogens with one attached hydrogen (secondary N) is 1. The molecule has 0 saturated carbocycles. The highest BCUT2D eigenvalue weighted by Crippen LogP contribution is 2.26. The third kappa shape index (κ3) is 9.33. The highest BCUT2D eigenvalue weighted by atomic mass is 35.5. The molecule has 0 aliphatic rings. The maximum absolute atomic E-state index is 14.2. The number of halogens is 1. The normalized spacial score (nSPS) is 13.2. The summed E-state index contributed by atoms with van der Waals surface area (Å²) in [6, 6.07) is 22.7. The van der Waals surface area contributed by atoms with E-state index in [2.05, 4.69) is 26.1 Å². The average Bonchev–Trinajstić information content (AvgIpc) is 2.94. The van der Waals surface area contributed by atoms with Crippen molar-refractivity contribution in [3.63, 3.8) is 0 Å². The zero-order valence-corrected chi connectivity index (χ0v) is 26.9. The highest BCUT2D eigenvalue weighted by Gasteiger charge is 2.33. The number of benzene rings is 3. The predicted molar refractivity (Wildman–Crippen MR) is 171 cm³/mol. The van der Waals surface area contributed by atoms with E-state index in [-0.39, 0.29) is 30.3 Å². The van der Waals surface area contributed by atoms with Crippen LogP contribution in [0.3, 0.4) is 0 Å². The van der Waals surface area contributed by atoms with Gasteiger partial charge in [0.15, 0.2) is 0 Å². The van der Waals surface area contributed by atoms with Crippen molar-refractivity contribution in [2.24, 2.45) is 0 Å². The number of amides is 2. The Kier molecular flexibility index (Phi) is 11.2. The molecule has 2 atom stereocenters. The lowest BCUT2D eigenvalue weighted by molar-refractivity contribution is -0.140. The lowest BCUT2D eigenvalue weighted by Crippen LogP contribution is -2.54. The van der Waals surface area contributed by atoms with Crippen LogP contribution in [0.1, 0.15) is 57.7 Å². The molecule has 0 unspecified atom stereocenters. The van der Waals surface area contributed by atoms with E-state index >= 15 is 0 Å². The number of hydrogen-bond acceptors (Lipinski definition) is 4. The van der Waals surface area contributed by atoms with Gasteiger partial charge in [-0.1, -0.05) is 93.9 Å². The lowest BCUT2D eigenvalue weighted by Gasteiger charge is -2.34. The zero-order valence-electron chi connectivity index (χ0n) is 25.3. The monoisotopic (exact) mass is 611 g/mol. The molecule has 0 bridgehead atoms. The number of rotatable bonds is 12. The number of hydrogen-bond donors (Lipinski definition) is 1. The van der Waals surface area contributed by atoms with Crippen LogP contribution in [0.25, 0.3) is 0 Å². The minimum atomic E-state index is -3.83. The molecule has 0 aliphatic carbocycles. The maximum atomic E-state index is 14.2. The van der Waals surface area contributed by atoms with Crippen LogP contribution in [-0.4, -0.2) is 50.0 Å². The molecule has 0 aliphatic heterocycles. The summed E-state index contributed by atoms with van der Waals surface area (Å²) < 4.78 is 27.1. The lowest BCUT2D eigenvalue weighted by atomic mass is 9.87. The van der Waals surface area contributed by atoms with Crippen molar-refractivity contribution < 1.29 is 18.0 Å². The average molecular weight is 612 g/mol. The largest absolute Gasteiger partial charge is 0.352 e. The number of sulfonamides is 1. The summed E-state index contributed by atoms with van der Waals surface area (Å²) in [5, 5.41) is 3.58. The quantitative estimate of drug-likeness (QED) is 0.274.